The first kappa shape index (κ1) is 14.7. The van der Waals surface area contributed by atoms with Crippen LogP contribution in [-0.4, -0.2) is 17.7 Å². The highest BCUT2D eigenvalue weighted by Gasteiger charge is 2.11. The molecule has 2 aromatic rings. The molecule has 0 aromatic heterocycles. The Bertz CT molecular complexity index is 640. The third kappa shape index (κ3) is 3.66. The molecule has 0 fully saturated rings. The Morgan fingerprint density at radius 2 is 1.86 bits per heavy atom. The van der Waals surface area contributed by atoms with E-state index in [-0.39, 0.29) is 5.56 Å². The molecule has 0 saturated heterocycles. The normalized spacial score (nSPS) is 10.1. The van der Waals surface area contributed by atoms with Crippen molar-refractivity contribution in [2.45, 2.75) is 13.3 Å². The molecule has 110 valence electrons. The summed E-state index contributed by atoms with van der Waals surface area (Å²) in [6, 6.07) is 11.5. The van der Waals surface area contributed by atoms with Crippen LogP contribution in [0.15, 0.2) is 42.5 Å². The summed E-state index contributed by atoms with van der Waals surface area (Å²) in [6.45, 7) is 2.59. The molecular weight excluding hydrogens is 270 g/mol. The summed E-state index contributed by atoms with van der Waals surface area (Å²) in [4.78, 5) is 11.0. The number of para-hydroxylation sites is 2. The van der Waals surface area contributed by atoms with Gasteiger partial charge in [-0.05, 0) is 36.8 Å². The van der Waals surface area contributed by atoms with Crippen molar-refractivity contribution in [3.05, 3.63) is 48.0 Å². The number of rotatable bonds is 6. The Hall–Kier alpha value is -2.69. The van der Waals surface area contributed by atoms with Gasteiger partial charge in [-0.3, -0.25) is 0 Å². The van der Waals surface area contributed by atoms with E-state index in [1.165, 1.54) is 18.2 Å². The average Bonchev–Trinajstić information content (AvgIpc) is 2.48. The second-order valence-corrected chi connectivity index (χ2v) is 4.46. The highest BCUT2D eigenvalue weighted by atomic mass is 16.5. The van der Waals surface area contributed by atoms with E-state index in [9.17, 15) is 4.79 Å². The molecule has 0 saturated carbocycles. The lowest BCUT2D eigenvalue weighted by atomic mass is 10.2. The van der Waals surface area contributed by atoms with Crippen molar-refractivity contribution >= 4 is 11.7 Å². The van der Waals surface area contributed by atoms with E-state index in [2.05, 4.69) is 0 Å². The lowest BCUT2D eigenvalue weighted by Gasteiger charge is -2.13. The van der Waals surface area contributed by atoms with Crippen molar-refractivity contribution in [2.75, 3.05) is 12.3 Å². The summed E-state index contributed by atoms with van der Waals surface area (Å²) < 4.78 is 11.3. The number of hydrogen-bond acceptors (Lipinski definition) is 4. The van der Waals surface area contributed by atoms with E-state index >= 15 is 0 Å². The minimum Gasteiger partial charge on any atom is -0.490 e. The van der Waals surface area contributed by atoms with Gasteiger partial charge in [-0.2, -0.15) is 0 Å². The number of carboxylic acids is 1. The van der Waals surface area contributed by atoms with Gasteiger partial charge in [0.25, 0.3) is 0 Å². The molecule has 0 spiro atoms. The van der Waals surface area contributed by atoms with Crippen molar-refractivity contribution in [3.8, 4) is 17.2 Å². The highest BCUT2D eigenvalue weighted by Crippen LogP contribution is 2.34. The minimum atomic E-state index is -1.03. The molecule has 5 heteroatoms. The van der Waals surface area contributed by atoms with Crippen molar-refractivity contribution < 1.29 is 19.4 Å². The molecule has 0 unspecified atom stereocenters. The molecule has 0 heterocycles. The fourth-order valence-electron chi connectivity index (χ4n) is 1.74. The molecule has 0 amide bonds. The first-order chi connectivity index (χ1) is 10.1. The molecule has 0 bridgehead atoms. The van der Waals surface area contributed by atoms with Gasteiger partial charge >= 0.3 is 5.97 Å². The van der Waals surface area contributed by atoms with Gasteiger partial charge in [-0.1, -0.05) is 19.1 Å². The van der Waals surface area contributed by atoms with Gasteiger partial charge in [-0.15, -0.1) is 0 Å². The van der Waals surface area contributed by atoms with Crippen molar-refractivity contribution in [3.63, 3.8) is 0 Å². The van der Waals surface area contributed by atoms with Crippen molar-refractivity contribution in [1.29, 1.82) is 0 Å². The summed E-state index contributed by atoms with van der Waals surface area (Å²) in [5.74, 6) is 0.359. The summed E-state index contributed by atoms with van der Waals surface area (Å²) in [6.07, 6.45) is 0.880. The van der Waals surface area contributed by atoms with Crippen LogP contribution in [0.1, 0.15) is 23.7 Å². The van der Waals surface area contributed by atoms with Crippen LogP contribution in [0.4, 0.5) is 5.69 Å². The average molecular weight is 287 g/mol. The maximum atomic E-state index is 11.0. The van der Waals surface area contributed by atoms with Crippen LogP contribution >= 0.6 is 0 Å². The predicted molar refractivity (Wildman–Crippen MR) is 80.1 cm³/mol. The van der Waals surface area contributed by atoms with Crippen LogP contribution in [0.25, 0.3) is 0 Å². The van der Waals surface area contributed by atoms with E-state index in [0.29, 0.717) is 29.5 Å². The van der Waals surface area contributed by atoms with Crippen molar-refractivity contribution in [2.24, 2.45) is 0 Å². The fourth-order valence-corrected chi connectivity index (χ4v) is 1.74. The number of hydrogen-bond donors (Lipinski definition) is 2. The number of anilines is 1. The number of ether oxygens (including phenoxy) is 2. The topological polar surface area (TPSA) is 81.8 Å². The van der Waals surface area contributed by atoms with Gasteiger partial charge in [0.2, 0.25) is 0 Å². The lowest BCUT2D eigenvalue weighted by Crippen LogP contribution is -2.01. The standard InChI is InChI=1S/C16H17NO4/c1-2-9-20-13-5-3-4-6-14(13)21-15-10-11(16(18)19)7-8-12(15)17/h3-8,10H,2,9,17H2,1H3,(H,18,19). The first-order valence-corrected chi connectivity index (χ1v) is 6.64. The monoisotopic (exact) mass is 287 g/mol. The Kier molecular flexibility index (Phi) is 4.66. The van der Waals surface area contributed by atoms with E-state index in [0.717, 1.165) is 6.42 Å². The summed E-state index contributed by atoms with van der Waals surface area (Å²) in [7, 11) is 0. The summed E-state index contributed by atoms with van der Waals surface area (Å²) >= 11 is 0. The quantitative estimate of drug-likeness (QED) is 0.794. The van der Waals surface area contributed by atoms with Crippen LogP contribution in [-0.2, 0) is 0 Å². The summed E-state index contributed by atoms with van der Waals surface area (Å²) in [5, 5.41) is 9.02. The molecule has 0 atom stereocenters. The third-order valence-corrected chi connectivity index (χ3v) is 2.79. The third-order valence-electron chi connectivity index (χ3n) is 2.79. The molecule has 0 radical (unpaired) electrons. The van der Waals surface area contributed by atoms with Gasteiger partial charge in [0.05, 0.1) is 17.9 Å². The van der Waals surface area contributed by atoms with Crippen molar-refractivity contribution in [1.82, 2.24) is 0 Å². The highest BCUT2D eigenvalue weighted by molar-refractivity contribution is 5.89. The fraction of sp³-hybridized carbons (Fsp3) is 0.188. The minimum absolute atomic E-state index is 0.117. The molecule has 0 aliphatic rings. The molecule has 2 rings (SSSR count). The second-order valence-electron chi connectivity index (χ2n) is 4.46. The largest absolute Gasteiger partial charge is 0.490 e. The molecule has 0 aliphatic heterocycles. The van der Waals surface area contributed by atoms with Crippen LogP contribution in [0.2, 0.25) is 0 Å². The number of nitrogens with two attached hydrogens (primary N) is 1. The van der Waals surface area contributed by atoms with Gasteiger partial charge in [0.1, 0.15) is 0 Å². The first-order valence-electron chi connectivity index (χ1n) is 6.64. The van der Waals surface area contributed by atoms with E-state index < -0.39 is 5.97 Å². The van der Waals surface area contributed by atoms with Gasteiger partial charge in [0, 0.05) is 0 Å². The molecule has 5 nitrogen and oxygen atoms in total. The summed E-state index contributed by atoms with van der Waals surface area (Å²) in [5.41, 5.74) is 6.31. The molecule has 3 N–H and O–H groups in total. The Labute approximate surface area is 122 Å². The zero-order valence-electron chi connectivity index (χ0n) is 11.7. The van der Waals surface area contributed by atoms with E-state index in [1.807, 2.05) is 19.1 Å². The van der Waals surface area contributed by atoms with Crippen LogP contribution in [0.3, 0.4) is 0 Å². The molecule has 2 aromatic carbocycles. The zero-order valence-corrected chi connectivity index (χ0v) is 11.7. The smallest absolute Gasteiger partial charge is 0.335 e. The Balaban J connectivity index is 2.29. The van der Waals surface area contributed by atoms with Gasteiger partial charge in [-0.25, -0.2) is 4.79 Å². The number of nitrogen functional groups attached to an aromatic ring is 1. The number of benzene rings is 2. The zero-order chi connectivity index (χ0) is 15.2. The SMILES string of the molecule is CCCOc1ccccc1Oc1cc(C(=O)O)ccc1N. The Morgan fingerprint density at radius 3 is 2.52 bits per heavy atom. The number of carbonyl (C=O) groups is 1. The van der Waals surface area contributed by atoms with Crippen LogP contribution < -0.4 is 15.2 Å². The lowest BCUT2D eigenvalue weighted by molar-refractivity contribution is 0.0696. The molecule has 0 aliphatic carbocycles. The maximum absolute atomic E-state index is 11.0. The van der Waals surface area contributed by atoms with Crippen LogP contribution in [0, 0.1) is 0 Å². The van der Waals surface area contributed by atoms with Gasteiger partial charge < -0.3 is 20.3 Å². The predicted octanol–water partition coefficient (Wildman–Crippen LogP) is 3.55. The number of aromatic carboxylic acids is 1. The maximum Gasteiger partial charge on any atom is 0.335 e. The Morgan fingerprint density at radius 1 is 1.14 bits per heavy atom. The molecular formula is C16H17NO4. The van der Waals surface area contributed by atoms with Crippen LogP contribution in [0.5, 0.6) is 17.2 Å². The molecule has 21 heavy (non-hydrogen) atoms. The van der Waals surface area contributed by atoms with E-state index in [1.54, 1.807) is 12.1 Å². The number of carboxylic acid groups (broad SMARTS) is 1. The second kappa shape index (κ2) is 6.65. The van der Waals surface area contributed by atoms with E-state index in [4.69, 9.17) is 20.3 Å². The van der Waals surface area contributed by atoms with Gasteiger partial charge in [0.15, 0.2) is 17.2 Å².